The van der Waals surface area contributed by atoms with Crippen molar-refractivity contribution in [2.24, 2.45) is 5.73 Å². The van der Waals surface area contributed by atoms with Crippen LogP contribution in [0.4, 0.5) is 5.69 Å². The van der Waals surface area contributed by atoms with Gasteiger partial charge >= 0.3 is 0 Å². The molecule has 0 aromatic heterocycles. The summed E-state index contributed by atoms with van der Waals surface area (Å²) in [6.45, 7) is 8.35. The Morgan fingerprint density at radius 3 is 2.56 bits per heavy atom. The number of benzene rings is 1. The summed E-state index contributed by atoms with van der Waals surface area (Å²) in [7, 11) is 0. The third-order valence-electron chi connectivity index (χ3n) is 2.73. The Morgan fingerprint density at radius 2 is 2.06 bits per heavy atom. The molecule has 0 bridgehead atoms. The van der Waals surface area contributed by atoms with Gasteiger partial charge in [-0.2, -0.15) is 0 Å². The first-order valence-electron chi connectivity index (χ1n) is 5.85. The van der Waals surface area contributed by atoms with Crippen LogP contribution >= 0.6 is 15.9 Å². The van der Waals surface area contributed by atoms with Gasteiger partial charge < -0.3 is 10.6 Å². The minimum Gasteiger partial charge on any atom is -0.369 e. The largest absolute Gasteiger partial charge is 0.369 e. The van der Waals surface area contributed by atoms with E-state index in [9.17, 15) is 0 Å². The zero-order chi connectivity index (χ0) is 12.1. The van der Waals surface area contributed by atoms with Crippen LogP contribution in [-0.2, 0) is 6.42 Å². The molecule has 0 radical (unpaired) electrons. The van der Waals surface area contributed by atoms with E-state index in [2.05, 4.69) is 59.8 Å². The lowest BCUT2D eigenvalue weighted by Crippen LogP contribution is -2.31. The van der Waals surface area contributed by atoms with Gasteiger partial charge in [0.15, 0.2) is 0 Å². The molecule has 1 rings (SSSR count). The quantitative estimate of drug-likeness (QED) is 0.900. The molecule has 0 spiro atoms. The summed E-state index contributed by atoms with van der Waals surface area (Å²) in [5.41, 5.74) is 8.30. The molecule has 1 aromatic carbocycles. The Bertz CT molecular complexity index is 337. The van der Waals surface area contributed by atoms with Gasteiger partial charge in [0.05, 0.1) is 0 Å². The molecule has 3 heteroatoms. The maximum Gasteiger partial charge on any atom is 0.0402 e. The van der Waals surface area contributed by atoms with Crippen molar-refractivity contribution in [1.29, 1.82) is 0 Å². The Morgan fingerprint density at radius 1 is 1.38 bits per heavy atom. The van der Waals surface area contributed by atoms with Crippen LogP contribution in [0.25, 0.3) is 0 Å². The number of nitrogens with two attached hydrogens (primary N) is 1. The summed E-state index contributed by atoms with van der Waals surface area (Å²) < 4.78 is 1.12. The smallest absolute Gasteiger partial charge is 0.0402 e. The van der Waals surface area contributed by atoms with Crippen LogP contribution in [0.2, 0.25) is 0 Å². The zero-order valence-corrected chi connectivity index (χ0v) is 11.9. The monoisotopic (exact) mass is 284 g/mol. The second kappa shape index (κ2) is 6.26. The summed E-state index contributed by atoms with van der Waals surface area (Å²) in [6.07, 6.45) is 0.929. The van der Waals surface area contributed by atoms with Gasteiger partial charge in [0.2, 0.25) is 0 Å². The van der Waals surface area contributed by atoms with Gasteiger partial charge in [0, 0.05) is 22.7 Å². The predicted molar refractivity (Wildman–Crippen MR) is 75.1 cm³/mol. The van der Waals surface area contributed by atoms with Gasteiger partial charge in [0.25, 0.3) is 0 Å². The molecule has 0 aliphatic carbocycles. The van der Waals surface area contributed by atoms with Gasteiger partial charge in [-0.05, 0) is 57.5 Å². The van der Waals surface area contributed by atoms with Crippen LogP contribution < -0.4 is 10.6 Å². The van der Waals surface area contributed by atoms with Crippen LogP contribution in [0, 0.1) is 0 Å². The molecule has 0 unspecified atom stereocenters. The molecule has 0 amide bonds. The highest BCUT2D eigenvalue weighted by molar-refractivity contribution is 9.10. The third-order valence-corrected chi connectivity index (χ3v) is 3.22. The summed E-state index contributed by atoms with van der Waals surface area (Å²) in [6, 6.07) is 6.97. The maximum absolute atomic E-state index is 5.66. The molecule has 90 valence electrons. The number of anilines is 1. The summed E-state index contributed by atoms with van der Waals surface area (Å²) in [5.74, 6) is 0. The fourth-order valence-electron chi connectivity index (χ4n) is 2.00. The standard InChI is InChI=1S/C13H21BrN2/c1-4-16(10(2)3)13-6-5-12(14)9-11(13)7-8-15/h5-6,9-10H,4,7-8,15H2,1-3H3. The third kappa shape index (κ3) is 3.22. The first kappa shape index (κ1) is 13.5. The van der Waals surface area contributed by atoms with Crippen LogP contribution in [0.15, 0.2) is 22.7 Å². The molecule has 2 nitrogen and oxygen atoms in total. The lowest BCUT2D eigenvalue weighted by atomic mass is 10.1. The van der Waals surface area contributed by atoms with Crippen LogP contribution in [0.3, 0.4) is 0 Å². The molecular weight excluding hydrogens is 264 g/mol. The van der Waals surface area contributed by atoms with Crippen molar-refractivity contribution < 1.29 is 0 Å². The fraction of sp³-hybridized carbons (Fsp3) is 0.538. The second-order valence-electron chi connectivity index (χ2n) is 4.19. The number of nitrogens with zero attached hydrogens (tertiary/aromatic N) is 1. The van der Waals surface area contributed by atoms with Crippen molar-refractivity contribution in [3.05, 3.63) is 28.2 Å². The van der Waals surface area contributed by atoms with E-state index in [-0.39, 0.29) is 0 Å². The Balaban J connectivity index is 3.09. The van der Waals surface area contributed by atoms with Crippen molar-refractivity contribution in [2.45, 2.75) is 33.2 Å². The van der Waals surface area contributed by atoms with E-state index in [1.807, 2.05) is 0 Å². The highest BCUT2D eigenvalue weighted by Gasteiger charge is 2.12. The molecule has 0 atom stereocenters. The average molecular weight is 285 g/mol. The van der Waals surface area contributed by atoms with Gasteiger partial charge in [0.1, 0.15) is 0 Å². The molecule has 2 N–H and O–H groups in total. The van der Waals surface area contributed by atoms with E-state index in [0.717, 1.165) is 17.4 Å². The minimum absolute atomic E-state index is 0.516. The van der Waals surface area contributed by atoms with Crippen LogP contribution in [0.1, 0.15) is 26.3 Å². The molecule has 0 heterocycles. The minimum atomic E-state index is 0.516. The summed E-state index contributed by atoms with van der Waals surface area (Å²) in [5, 5.41) is 0. The van der Waals surface area contributed by atoms with Crippen molar-refractivity contribution in [3.8, 4) is 0 Å². The molecule has 0 aliphatic rings. The predicted octanol–water partition coefficient (Wildman–Crippen LogP) is 3.19. The molecule has 0 saturated heterocycles. The molecule has 0 saturated carbocycles. The molecule has 0 aliphatic heterocycles. The van der Waals surface area contributed by atoms with Crippen molar-refractivity contribution in [1.82, 2.24) is 0 Å². The zero-order valence-electron chi connectivity index (χ0n) is 10.3. The van der Waals surface area contributed by atoms with E-state index in [1.165, 1.54) is 11.3 Å². The summed E-state index contributed by atoms with van der Waals surface area (Å²) >= 11 is 3.52. The fourth-order valence-corrected chi connectivity index (χ4v) is 2.41. The Labute approximate surface area is 107 Å². The van der Waals surface area contributed by atoms with E-state index in [4.69, 9.17) is 5.73 Å². The lowest BCUT2D eigenvalue weighted by molar-refractivity contribution is 0.699. The highest BCUT2D eigenvalue weighted by atomic mass is 79.9. The van der Waals surface area contributed by atoms with E-state index < -0.39 is 0 Å². The normalized spacial score (nSPS) is 10.9. The Kier molecular flexibility index (Phi) is 5.29. The second-order valence-corrected chi connectivity index (χ2v) is 5.11. The summed E-state index contributed by atoms with van der Waals surface area (Å²) in [4.78, 5) is 2.40. The van der Waals surface area contributed by atoms with Crippen molar-refractivity contribution >= 4 is 21.6 Å². The first-order valence-corrected chi connectivity index (χ1v) is 6.64. The Hall–Kier alpha value is -0.540. The topological polar surface area (TPSA) is 29.3 Å². The number of hydrogen-bond donors (Lipinski definition) is 1. The molecular formula is C13H21BrN2. The maximum atomic E-state index is 5.66. The van der Waals surface area contributed by atoms with Gasteiger partial charge in [-0.3, -0.25) is 0 Å². The van der Waals surface area contributed by atoms with E-state index >= 15 is 0 Å². The number of rotatable bonds is 5. The van der Waals surface area contributed by atoms with Crippen LogP contribution in [0.5, 0.6) is 0 Å². The van der Waals surface area contributed by atoms with Gasteiger partial charge in [-0.1, -0.05) is 15.9 Å². The molecule has 16 heavy (non-hydrogen) atoms. The van der Waals surface area contributed by atoms with Crippen molar-refractivity contribution in [3.63, 3.8) is 0 Å². The van der Waals surface area contributed by atoms with Crippen LogP contribution in [-0.4, -0.2) is 19.1 Å². The van der Waals surface area contributed by atoms with Gasteiger partial charge in [-0.15, -0.1) is 0 Å². The molecule has 0 fully saturated rings. The van der Waals surface area contributed by atoms with Crippen molar-refractivity contribution in [2.75, 3.05) is 18.0 Å². The number of halogens is 1. The lowest BCUT2D eigenvalue weighted by Gasteiger charge is -2.29. The van der Waals surface area contributed by atoms with E-state index in [1.54, 1.807) is 0 Å². The average Bonchev–Trinajstić information content (AvgIpc) is 2.22. The first-order chi connectivity index (χ1) is 7.60. The SMILES string of the molecule is CCN(c1ccc(Br)cc1CCN)C(C)C. The van der Waals surface area contributed by atoms with E-state index in [0.29, 0.717) is 12.6 Å². The van der Waals surface area contributed by atoms with Gasteiger partial charge in [-0.25, -0.2) is 0 Å². The molecule has 1 aromatic rings. The number of hydrogen-bond acceptors (Lipinski definition) is 2. The highest BCUT2D eigenvalue weighted by Crippen LogP contribution is 2.26.